The van der Waals surface area contributed by atoms with Gasteiger partial charge in [0.05, 0.1) is 0 Å². The zero-order valence-corrected chi connectivity index (χ0v) is 10.2. The second kappa shape index (κ2) is 3.71. The summed E-state index contributed by atoms with van der Waals surface area (Å²) in [6, 6.07) is 13.6. The molecule has 0 heteroatoms. The molecule has 2 aliphatic carbocycles. The molecule has 0 N–H and O–H groups in total. The van der Waals surface area contributed by atoms with Crippen molar-refractivity contribution in [1.29, 1.82) is 0 Å². The van der Waals surface area contributed by atoms with Crippen LogP contribution in [0.1, 0.15) is 33.4 Å². The fourth-order valence-corrected chi connectivity index (χ4v) is 2.61. The fraction of sp³-hybridized carbons (Fsp3) is 0.111. The van der Waals surface area contributed by atoms with Gasteiger partial charge in [-0.15, -0.1) is 0 Å². The van der Waals surface area contributed by atoms with Gasteiger partial charge >= 0.3 is 0 Å². The fourth-order valence-electron chi connectivity index (χ4n) is 2.61. The standard InChI is InChI=1S/C18H14/c1(13-3-5-15-7-9-17(15)11-13)2-14-4-6-16-8-10-18(16)12-14/h3-12H,1-2H2. The summed E-state index contributed by atoms with van der Waals surface area (Å²) in [5, 5.41) is 0. The predicted molar refractivity (Wildman–Crippen MR) is 78.1 cm³/mol. The van der Waals surface area contributed by atoms with E-state index in [4.69, 9.17) is 0 Å². The van der Waals surface area contributed by atoms with E-state index in [2.05, 4.69) is 60.7 Å². The molecule has 0 saturated carbocycles. The molecule has 86 valence electrons. The second-order valence-corrected chi connectivity index (χ2v) is 5.09. The predicted octanol–water partition coefficient (Wildman–Crippen LogP) is 4.44. The van der Waals surface area contributed by atoms with Gasteiger partial charge in [0.2, 0.25) is 0 Å². The lowest BCUT2D eigenvalue weighted by Crippen LogP contribution is -1.97. The Morgan fingerprint density at radius 3 is 1.28 bits per heavy atom. The van der Waals surface area contributed by atoms with Crippen molar-refractivity contribution in [3.8, 4) is 0 Å². The molecule has 0 heterocycles. The highest BCUT2D eigenvalue weighted by molar-refractivity contribution is 5.86. The van der Waals surface area contributed by atoms with Crippen molar-refractivity contribution in [1.82, 2.24) is 0 Å². The Morgan fingerprint density at radius 2 is 0.944 bits per heavy atom. The summed E-state index contributed by atoms with van der Waals surface area (Å²) in [4.78, 5) is 0. The van der Waals surface area contributed by atoms with E-state index in [9.17, 15) is 0 Å². The van der Waals surface area contributed by atoms with Crippen molar-refractivity contribution >= 4 is 24.3 Å². The molecule has 18 heavy (non-hydrogen) atoms. The van der Waals surface area contributed by atoms with Crippen molar-refractivity contribution in [2.45, 2.75) is 12.8 Å². The molecule has 2 aliphatic rings. The molecule has 0 unspecified atom stereocenters. The molecule has 2 aromatic rings. The van der Waals surface area contributed by atoms with Gasteiger partial charge in [-0.2, -0.15) is 0 Å². The molecular weight excluding hydrogens is 216 g/mol. The Hall–Kier alpha value is -2.08. The van der Waals surface area contributed by atoms with Gasteiger partial charge in [-0.25, -0.2) is 0 Å². The summed E-state index contributed by atoms with van der Waals surface area (Å²) >= 11 is 0. The first-order valence-corrected chi connectivity index (χ1v) is 6.50. The third-order valence-corrected chi connectivity index (χ3v) is 3.89. The highest BCUT2D eigenvalue weighted by Crippen LogP contribution is 2.26. The number of fused-ring (bicyclic) bond motifs is 2. The van der Waals surface area contributed by atoms with Gasteiger partial charge in [0.25, 0.3) is 0 Å². The Kier molecular flexibility index (Phi) is 2.04. The largest absolute Gasteiger partial charge is 0.0584 e. The summed E-state index contributed by atoms with van der Waals surface area (Å²) in [6.45, 7) is 0. The molecule has 0 bridgehead atoms. The quantitative estimate of drug-likeness (QED) is 0.488. The van der Waals surface area contributed by atoms with E-state index in [-0.39, 0.29) is 0 Å². The van der Waals surface area contributed by atoms with Crippen LogP contribution in [0.2, 0.25) is 0 Å². The molecule has 4 rings (SSSR count). The van der Waals surface area contributed by atoms with Crippen LogP contribution in [0, 0.1) is 0 Å². The minimum absolute atomic E-state index is 1.13. The normalized spacial score (nSPS) is 13.6. The summed E-state index contributed by atoms with van der Waals surface area (Å²) in [6.07, 6.45) is 11.0. The third-order valence-electron chi connectivity index (χ3n) is 3.89. The van der Waals surface area contributed by atoms with Crippen molar-refractivity contribution in [2.24, 2.45) is 0 Å². The topological polar surface area (TPSA) is 0 Å². The minimum atomic E-state index is 1.13. The maximum absolute atomic E-state index is 2.32. The van der Waals surface area contributed by atoms with Crippen molar-refractivity contribution in [3.63, 3.8) is 0 Å². The number of rotatable bonds is 3. The van der Waals surface area contributed by atoms with Crippen LogP contribution in [-0.2, 0) is 12.8 Å². The molecular formula is C18H14. The minimum Gasteiger partial charge on any atom is -0.0584 e. The van der Waals surface area contributed by atoms with E-state index in [1.807, 2.05) is 0 Å². The van der Waals surface area contributed by atoms with E-state index < -0.39 is 0 Å². The van der Waals surface area contributed by atoms with Crippen LogP contribution in [-0.4, -0.2) is 0 Å². The van der Waals surface area contributed by atoms with Crippen LogP contribution in [0.4, 0.5) is 0 Å². The van der Waals surface area contributed by atoms with Crippen molar-refractivity contribution < 1.29 is 0 Å². The molecule has 0 nitrogen and oxygen atoms in total. The van der Waals surface area contributed by atoms with Crippen LogP contribution in [0.3, 0.4) is 0 Å². The summed E-state index contributed by atoms with van der Waals surface area (Å²) in [7, 11) is 0. The van der Waals surface area contributed by atoms with E-state index in [0.29, 0.717) is 0 Å². The third kappa shape index (κ3) is 1.53. The van der Waals surface area contributed by atoms with Gasteiger partial charge in [0, 0.05) is 0 Å². The van der Waals surface area contributed by atoms with Gasteiger partial charge in [-0.1, -0.05) is 60.7 Å². The lowest BCUT2D eigenvalue weighted by Gasteiger charge is -2.13. The summed E-state index contributed by atoms with van der Waals surface area (Å²) < 4.78 is 0. The molecule has 0 radical (unpaired) electrons. The number of benzene rings is 2. The van der Waals surface area contributed by atoms with E-state index in [1.54, 1.807) is 0 Å². The smallest absolute Gasteiger partial charge is 0.0181 e. The van der Waals surface area contributed by atoms with Crippen molar-refractivity contribution in [3.05, 3.63) is 69.8 Å². The molecule has 0 aromatic heterocycles. The van der Waals surface area contributed by atoms with Gasteiger partial charge in [0.15, 0.2) is 0 Å². The number of hydrogen-bond donors (Lipinski definition) is 0. The Balaban J connectivity index is 1.49. The monoisotopic (exact) mass is 230 g/mol. The van der Waals surface area contributed by atoms with Crippen LogP contribution in [0.5, 0.6) is 0 Å². The first-order valence-electron chi connectivity index (χ1n) is 6.50. The Morgan fingerprint density at radius 1 is 0.500 bits per heavy atom. The Labute approximate surface area is 107 Å². The van der Waals surface area contributed by atoms with E-state index in [1.165, 1.54) is 33.4 Å². The molecule has 0 atom stereocenters. The van der Waals surface area contributed by atoms with Gasteiger partial charge in [-0.3, -0.25) is 0 Å². The SMILES string of the molecule is C1=Cc2cc(CCc3ccc4c(c3)C=C4)ccc21. The number of hydrogen-bond acceptors (Lipinski definition) is 0. The lowest BCUT2D eigenvalue weighted by molar-refractivity contribution is 0.958. The van der Waals surface area contributed by atoms with E-state index >= 15 is 0 Å². The van der Waals surface area contributed by atoms with Gasteiger partial charge in [-0.05, 0) is 46.2 Å². The molecule has 0 amide bonds. The zero-order chi connectivity index (χ0) is 11.9. The van der Waals surface area contributed by atoms with Crippen LogP contribution < -0.4 is 0 Å². The molecule has 0 spiro atoms. The Bertz CT molecular complexity index is 626. The van der Waals surface area contributed by atoms with Crippen molar-refractivity contribution in [2.75, 3.05) is 0 Å². The second-order valence-electron chi connectivity index (χ2n) is 5.09. The van der Waals surface area contributed by atoms with Crippen LogP contribution in [0.15, 0.2) is 36.4 Å². The average Bonchev–Trinajstić information content (AvgIpc) is 2.32. The van der Waals surface area contributed by atoms with Gasteiger partial charge < -0.3 is 0 Å². The molecule has 0 fully saturated rings. The summed E-state index contributed by atoms with van der Waals surface area (Å²) in [5.41, 5.74) is 8.43. The maximum atomic E-state index is 2.32. The van der Waals surface area contributed by atoms with Crippen LogP contribution >= 0.6 is 0 Å². The first-order chi connectivity index (χ1) is 8.88. The molecule has 2 aromatic carbocycles. The van der Waals surface area contributed by atoms with E-state index in [0.717, 1.165) is 12.8 Å². The molecule has 0 aliphatic heterocycles. The van der Waals surface area contributed by atoms with Gasteiger partial charge in [0.1, 0.15) is 0 Å². The first kappa shape index (κ1) is 9.90. The highest BCUT2D eigenvalue weighted by atomic mass is 14.1. The zero-order valence-electron chi connectivity index (χ0n) is 10.2. The number of aryl methyl sites for hydroxylation is 2. The lowest BCUT2D eigenvalue weighted by atomic mass is 9.91. The summed E-state index contributed by atoms with van der Waals surface area (Å²) in [5.74, 6) is 0. The highest BCUT2D eigenvalue weighted by Gasteiger charge is 2.08. The average molecular weight is 230 g/mol. The van der Waals surface area contributed by atoms with Crippen LogP contribution in [0.25, 0.3) is 24.3 Å². The maximum Gasteiger partial charge on any atom is -0.0181 e. The molecule has 0 saturated heterocycles.